The van der Waals surface area contributed by atoms with Gasteiger partial charge >= 0.3 is 5.97 Å². The molecule has 0 aromatic rings. The van der Waals surface area contributed by atoms with Gasteiger partial charge in [0.1, 0.15) is 6.10 Å². The molecule has 2 heterocycles. The van der Waals surface area contributed by atoms with Crippen molar-refractivity contribution in [3.63, 3.8) is 0 Å². The lowest BCUT2D eigenvalue weighted by Crippen LogP contribution is -2.31. The lowest BCUT2D eigenvalue weighted by Gasteiger charge is -2.23. The Morgan fingerprint density at radius 3 is 1.69 bits per heavy atom. The molecule has 7 heteroatoms. The zero-order valence-corrected chi connectivity index (χ0v) is 26.9. The minimum atomic E-state index is -0.613. The van der Waals surface area contributed by atoms with Crippen molar-refractivity contribution in [3.8, 4) is 0 Å². The van der Waals surface area contributed by atoms with E-state index in [9.17, 15) is 25.2 Å². The minimum Gasteiger partial charge on any atom is -0.455 e. The first-order chi connectivity index (χ1) is 20.3. The predicted octanol–water partition coefficient (Wildman–Crippen LogP) is 7.06. The van der Waals surface area contributed by atoms with Gasteiger partial charge in [0.25, 0.3) is 0 Å². The first-order valence-corrected chi connectivity index (χ1v) is 17.6. The highest BCUT2D eigenvalue weighted by atomic mass is 16.5. The molecule has 0 unspecified atom stereocenters. The number of hydrogen-bond donors (Lipinski definition) is 4. The van der Waals surface area contributed by atoms with E-state index in [0.717, 1.165) is 44.9 Å². The molecule has 1 saturated heterocycles. The van der Waals surface area contributed by atoms with Gasteiger partial charge in [0, 0.05) is 12.0 Å². The molecule has 246 valence electrons. The molecule has 0 aromatic carbocycles. The third-order valence-electron chi connectivity index (χ3n) is 9.11. The average Bonchev–Trinajstić information content (AvgIpc) is 3.58. The van der Waals surface area contributed by atoms with Gasteiger partial charge in [-0.25, -0.2) is 4.79 Å². The van der Waals surface area contributed by atoms with E-state index in [-0.39, 0.29) is 24.3 Å². The summed E-state index contributed by atoms with van der Waals surface area (Å²) in [4.78, 5) is 11.7. The highest BCUT2D eigenvalue weighted by Crippen LogP contribution is 2.28. The summed E-state index contributed by atoms with van der Waals surface area (Å²) in [6, 6.07) is 0. The number of ether oxygens (including phenoxy) is 2. The Balaban J connectivity index is 1.43. The average molecular weight is 597 g/mol. The molecule has 0 spiro atoms. The van der Waals surface area contributed by atoms with Crippen molar-refractivity contribution in [2.75, 3.05) is 0 Å². The first-order valence-electron chi connectivity index (χ1n) is 17.6. The fourth-order valence-electron chi connectivity index (χ4n) is 6.40. The number of unbranched alkanes of at least 4 members (excludes halogenated alkanes) is 13. The molecular formula is C35H64O7. The van der Waals surface area contributed by atoms with Crippen LogP contribution in [0.3, 0.4) is 0 Å². The van der Waals surface area contributed by atoms with Gasteiger partial charge in [-0.05, 0) is 57.9 Å². The summed E-state index contributed by atoms with van der Waals surface area (Å²) in [5, 5.41) is 41.8. The van der Waals surface area contributed by atoms with Crippen molar-refractivity contribution >= 4 is 5.97 Å². The van der Waals surface area contributed by atoms with Crippen LogP contribution in [0.15, 0.2) is 11.6 Å². The van der Waals surface area contributed by atoms with Crippen LogP contribution in [0, 0.1) is 0 Å². The van der Waals surface area contributed by atoms with Gasteiger partial charge in [0.15, 0.2) is 0 Å². The van der Waals surface area contributed by atoms with E-state index in [1.807, 2.05) is 6.92 Å². The van der Waals surface area contributed by atoms with Gasteiger partial charge in [0.2, 0.25) is 0 Å². The van der Waals surface area contributed by atoms with E-state index in [1.54, 1.807) is 6.08 Å². The Labute approximate surface area is 256 Å². The summed E-state index contributed by atoms with van der Waals surface area (Å²) in [5.41, 5.74) is 0.565. The van der Waals surface area contributed by atoms with E-state index in [0.29, 0.717) is 37.7 Å². The van der Waals surface area contributed by atoms with Crippen molar-refractivity contribution in [1.29, 1.82) is 0 Å². The fraction of sp³-hybridized carbons (Fsp3) is 0.914. The molecule has 0 amide bonds. The van der Waals surface area contributed by atoms with Crippen LogP contribution in [-0.4, -0.2) is 69.1 Å². The van der Waals surface area contributed by atoms with Crippen LogP contribution in [0.2, 0.25) is 0 Å². The Morgan fingerprint density at radius 1 is 0.667 bits per heavy atom. The van der Waals surface area contributed by atoms with E-state index >= 15 is 0 Å². The Kier molecular flexibility index (Phi) is 19.9. The number of cyclic esters (lactones) is 1. The molecule has 42 heavy (non-hydrogen) atoms. The summed E-state index contributed by atoms with van der Waals surface area (Å²) in [7, 11) is 0. The van der Waals surface area contributed by atoms with Gasteiger partial charge in [0.05, 0.1) is 36.6 Å². The van der Waals surface area contributed by atoms with Gasteiger partial charge in [-0.15, -0.1) is 0 Å². The highest BCUT2D eigenvalue weighted by Gasteiger charge is 2.34. The van der Waals surface area contributed by atoms with Gasteiger partial charge in [-0.1, -0.05) is 103 Å². The Bertz CT molecular complexity index is 726. The monoisotopic (exact) mass is 596 g/mol. The topological polar surface area (TPSA) is 116 Å². The molecule has 0 bridgehead atoms. The van der Waals surface area contributed by atoms with Crippen LogP contribution in [0.5, 0.6) is 0 Å². The molecule has 0 aliphatic carbocycles. The normalized spacial score (nSPS) is 23.5. The third-order valence-corrected chi connectivity index (χ3v) is 9.11. The van der Waals surface area contributed by atoms with Crippen molar-refractivity contribution in [3.05, 3.63) is 11.6 Å². The second-order valence-corrected chi connectivity index (χ2v) is 13.1. The Hall–Kier alpha value is -0.990. The van der Waals surface area contributed by atoms with E-state index < -0.39 is 24.4 Å². The summed E-state index contributed by atoms with van der Waals surface area (Å²) in [6.45, 7) is 4.07. The number of aliphatic hydroxyl groups excluding tert-OH is 4. The summed E-state index contributed by atoms with van der Waals surface area (Å²) in [6.07, 6.45) is 22.3. The maximum atomic E-state index is 11.7. The number of aliphatic hydroxyl groups is 4. The zero-order chi connectivity index (χ0) is 30.6. The highest BCUT2D eigenvalue weighted by molar-refractivity contribution is 5.90. The maximum absolute atomic E-state index is 11.7. The molecule has 0 radical (unpaired) electrons. The SMILES string of the molecule is CCCCCCCCCCCCCC[C@H](O)[C@H]1CC[C@@H]([C@H](O)CC[C@H](O)CCCCC[C@H](O)CC2=C[C@@H](C)OC2=O)O1. The van der Waals surface area contributed by atoms with E-state index in [4.69, 9.17) is 9.47 Å². The van der Waals surface area contributed by atoms with Crippen molar-refractivity contribution in [2.24, 2.45) is 0 Å². The minimum absolute atomic E-state index is 0.184. The predicted molar refractivity (Wildman–Crippen MR) is 168 cm³/mol. The van der Waals surface area contributed by atoms with Crippen LogP contribution in [0.4, 0.5) is 0 Å². The third kappa shape index (κ3) is 16.2. The number of rotatable bonds is 26. The molecule has 4 N–H and O–H groups in total. The Morgan fingerprint density at radius 2 is 1.14 bits per heavy atom. The quantitative estimate of drug-likeness (QED) is 0.0624. The second-order valence-electron chi connectivity index (χ2n) is 13.1. The lowest BCUT2D eigenvalue weighted by atomic mass is 9.98. The van der Waals surface area contributed by atoms with Crippen LogP contribution in [-0.2, 0) is 14.3 Å². The van der Waals surface area contributed by atoms with Gasteiger partial charge in [-0.3, -0.25) is 0 Å². The molecular weight excluding hydrogens is 532 g/mol. The van der Waals surface area contributed by atoms with Crippen LogP contribution >= 0.6 is 0 Å². The number of carbonyl (C=O) groups excluding carboxylic acids is 1. The fourth-order valence-corrected chi connectivity index (χ4v) is 6.40. The standard InChI is InChI=1S/C35H64O7/c1-3-4-5-6-7-8-9-10-11-12-13-17-20-31(38)33-23-24-34(42-33)32(39)22-21-29(36)18-15-14-16-19-30(37)26-28-25-27(2)41-35(28)40/h25,27,29-34,36-39H,3-24,26H2,1-2H3/t27-,29-,30+,31+,32-,33-,34+/m1/s1. The molecule has 0 saturated carbocycles. The summed E-state index contributed by atoms with van der Waals surface area (Å²) < 4.78 is 11.1. The van der Waals surface area contributed by atoms with E-state index in [1.165, 1.54) is 70.6 Å². The number of carbonyl (C=O) groups is 1. The molecule has 0 aromatic heterocycles. The van der Waals surface area contributed by atoms with Gasteiger partial charge in [-0.2, -0.15) is 0 Å². The lowest BCUT2D eigenvalue weighted by molar-refractivity contribution is -0.139. The summed E-state index contributed by atoms with van der Waals surface area (Å²) in [5.74, 6) is -0.323. The first kappa shape index (κ1) is 37.2. The molecule has 7 nitrogen and oxygen atoms in total. The smallest absolute Gasteiger partial charge is 0.334 e. The van der Waals surface area contributed by atoms with Crippen molar-refractivity contribution in [2.45, 2.75) is 204 Å². The zero-order valence-electron chi connectivity index (χ0n) is 26.9. The molecule has 2 aliphatic rings. The molecule has 2 rings (SSSR count). The molecule has 2 aliphatic heterocycles. The second kappa shape index (κ2) is 22.5. The van der Waals surface area contributed by atoms with Crippen LogP contribution < -0.4 is 0 Å². The molecule has 7 atom stereocenters. The van der Waals surface area contributed by atoms with E-state index in [2.05, 4.69) is 6.92 Å². The number of hydrogen-bond acceptors (Lipinski definition) is 7. The van der Waals surface area contributed by atoms with Crippen molar-refractivity contribution in [1.82, 2.24) is 0 Å². The van der Waals surface area contributed by atoms with Crippen molar-refractivity contribution < 1.29 is 34.7 Å². The van der Waals surface area contributed by atoms with Gasteiger partial charge < -0.3 is 29.9 Å². The maximum Gasteiger partial charge on any atom is 0.334 e. The molecule has 1 fully saturated rings. The number of esters is 1. The largest absolute Gasteiger partial charge is 0.455 e. The van der Waals surface area contributed by atoms with Crippen LogP contribution in [0.1, 0.15) is 162 Å². The van der Waals surface area contributed by atoms with Crippen LogP contribution in [0.25, 0.3) is 0 Å². The summed E-state index contributed by atoms with van der Waals surface area (Å²) >= 11 is 0.